The molecule has 106 valence electrons. The van der Waals surface area contributed by atoms with E-state index in [9.17, 15) is 13.2 Å². The lowest BCUT2D eigenvalue weighted by Crippen LogP contribution is -2.36. The number of benzene rings is 1. The summed E-state index contributed by atoms with van der Waals surface area (Å²) in [7, 11) is 0. The second kappa shape index (κ2) is 5.79. The summed E-state index contributed by atoms with van der Waals surface area (Å²) in [5, 5.41) is 0. The van der Waals surface area contributed by atoms with Crippen molar-refractivity contribution in [2.24, 2.45) is 5.73 Å². The molecule has 1 fully saturated rings. The van der Waals surface area contributed by atoms with Crippen LogP contribution in [-0.2, 0) is 11.2 Å². The molecule has 2 rings (SSSR count). The van der Waals surface area contributed by atoms with Crippen molar-refractivity contribution in [2.45, 2.75) is 37.8 Å². The third-order valence-corrected chi connectivity index (χ3v) is 3.07. The van der Waals surface area contributed by atoms with Crippen LogP contribution in [-0.4, -0.2) is 25.1 Å². The summed E-state index contributed by atoms with van der Waals surface area (Å²) in [6.07, 6.45) is -2.08. The Morgan fingerprint density at radius 3 is 2.53 bits per heavy atom. The Morgan fingerprint density at radius 1 is 1.32 bits per heavy atom. The maximum Gasteiger partial charge on any atom is 0.573 e. The zero-order chi connectivity index (χ0) is 13.9. The molecule has 2 unspecified atom stereocenters. The molecule has 1 aliphatic heterocycles. The molecule has 1 aliphatic rings. The second-order valence-corrected chi connectivity index (χ2v) is 4.61. The molecule has 2 atom stereocenters. The average Bonchev–Trinajstić information content (AvgIpc) is 2.83. The van der Waals surface area contributed by atoms with Crippen molar-refractivity contribution in [3.05, 3.63) is 29.8 Å². The summed E-state index contributed by atoms with van der Waals surface area (Å²) in [5.41, 5.74) is 6.89. The Kier molecular flexibility index (Phi) is 4.31. The van der Waals surface area contributed by atoms with Gasteiger partial charge in [-0.2, -0.15) is 0 Å². The molecular weight excluding hydrogens is 259 g/mol. The van der Waals surface area contributed by atoms with Gasteiger partial charge in [0.25, 0.3) is 0 Å². The fraction of sp³-hybridized carbons (Fsp3) is 0.538. The van der Waals surface area contributed by atoms with Gasteiger partial charge in [0.2, 0.25) is 0 Å². The Hall–Kier alpha value is -1.27. The molecule has 19 heavy (non-hydrogen) atoms. The number of halogens is 3. The van der Waals surface area contributed by atoms with Crippen LogP contribution in [0.25, 0.3) is 0 Å². The first-order chi connectivity index (χ1) is 8.94. The van der Waals surface area contributed by atoms with Crippen LogP contribution in [0.1, 0.15) is 18.4 Å². The summed E-state index contributed by atoms with van der Waals surface area (Å²) in [4.78, 5) is 0. The van der Waals surface area contributed by atoms with Gasteiger partial charge in [-0.1, -0.05) is 12.1 Å². The van der Waals surface area contributed by atoms with Gasteiger partial charge in [-0.15, -0.1) is 13.2 Å². The molecule has 6 heteroatoms. The van der Waals surface area contributed by atoms with Gasteiger partial charge in [-0.05, 0) is 37.0 Å². The zero-order valence-corrected chi connectivity index (χ0v) is 10.3. The van der Waals surface area contributed by atoms with E-state index in [2.05, 4.69) is 4.74 Å². The molecule has 0 saturated carbocycles. The molecule has 3 nitrogen and oxygen atoms in total. The Labute approximate surface area is 109 Å². The van der Waals surface area contributed by atoms with E-state index < -0.39 is 6.36 Å². The van der Waals surface area contributed by atoms with E-state index in [1.165, 1.54) is 12.1 Å². The quantitative estimate of drug-likeness (QED) is 0.918. The Morgan fingerprint density at radius 2 is 2.00 bits per heavy atom. The van der Waals surface area contributed by atoms with Crippen LogP contribution in [0.5, 0.6) is 5.75 Å². The van der Waals surface area contributed by atoms with Crippen LogP contribution in [0.2, 0.25) is 0 Å². The Bertz CT molecular complexity index is 399. The third kappa shape index (κ3) is 4.40. The highest BCUT2D eigenvalue weighted by molar-refractivity contribution is 5.28. The number of nitrogens with two attached hydrogens (primary N) is 1. The smallest absolute Gasteiger partial charge is 0.406 e. The fourth-order valence-electron chi connectivity index (χ4n) is 2.17. The second-order valence-electron chi connectivity index (χ2n) is 4.61. The monoisotopic (exact) mass is 275 g/mol. The molecule has 0 aliphatic carbocycles. The normalized spacial score (nSPS) is 21.4. The largest absolute Gasteiger partial charge is 0.573 e. The van der Waals surface area contributed by atoms with Crippen LogP contribution >= 0.6 is 0 Å². The van der Waals surface area contributed by atoms with E-state index in [0.29, 0.717) is 6.42 Å². The van der Waals surface area contributed by atoms with Crippen molar-refractivity contribution in [1.82, 2.24) is 0 Å². The van der Waals surface area contributed by atoms with Gasteiger partial charge in [-0.3, -0.25) is 0 Å². The minimum atomic E-state index is -4.66. The maximum absolute atomic E-state index is 12.0. The molecular formula is C13H16F3NO2. The molecule has 0 bridgehead atoms. The molecule has 0 amide bonds. The van der Waals surface area contributed by atoms with Gasteiger partial charge in [0.1, 0.15) is 5.75 Å². The molecule has 0 radical (unpaired) electrons. The first kappa shape index (κ1) is 14.1. The minimum Gasteiger partial charge on any atom is -0.406 e. The molecule has 1 saturated heterocycles. The number of hydrogen-bond acceptors (Lipinski definition) is 3. The molecule has 1 aromatic rings. The number of hydrogen-bond donors (Lipinski definition) is 1. The van der Waals surface area contributed by atoms with Crippen molar-refractivity contribution in [3.8, 4) is 5.75 Å². The predicted octanol–water partition coefficient (Wildman–Crippen LogP) is 2.63. The van der Waals surface area contributed by atoms with Crippen LogP contribution in [0.15, 0.2) is 24.3 Å². The van der Waals surface area contributed by atoms with Crippen molar-refractivity contribution < 1.29 is 22.6 Å². The highest BCUT2D eigenvalue weighted by atomic mass is 19.4. The van der Waals surface area contributed by atoms with Crippen LogP contribution < -0.4 is 10.5 Å². The van der Waals surface area contributed by atoms with E-state index in [0.717, 1.165) is 25.0 Å². The first-order valence-electron chi connectivity index (χ1n) is 6.16. The summed E-state index contributed by atoms with van der Waals surface area (Å²) in [5.74, 6) is -0.220. The highest BCUT2D eigenvalue weighted by Crippen LogP contribution is 2.23. The summed E-state index contributed by atoms with van der Waals surface area (Å²) >= 11 is 0. The van der Waals surface area contributed by atoms with Crippen LogP contribution in [0.4, 0.5) is 13.2 Å². The van der Waals surface area contributed by atoms with E-state index in [-0.39, 0.29) is 17.9 Å². The van der Waals surface area contributed by atoms with Gasteiger partial charge in [0, 0.05) is 12.6 Å². The summed E-state index contributed by atoms with van der Waals surface area (Å²) in [6.45, 7) is 0.733. The maximum atomic E-state index is 12.0. The Balaban J connectivity index is 1.91. The molecule has 1 aromatic carbocycles. The zero-order valence-electron chi connectivity index (χ0n) is 10.3. The summed E-state index contributed by atoms with van der Waals surface area (Å²) in [6, 6.07) is 5.65. The molecule has 0 aromatic heterocycles. The number of ether oxygens (including phenoxy) is 2. The van der Waals surface area contributed by atoms with Crippen molar-refractivity contribution >= 4 is 0 Å². The van der Waals surface area contributed by atoms with Crippen molar-refractivity contribution in [3.63, 3.8) is 0 Å². The lowest BCUT2D eigenvalue weighted by Gasteiger charge is -2.18. The van der Waals surface area contributed by atoms with Gasteiger partial charge in [0.15, 0.2) is 0 Å². The van der Waals surface area contributed by atoms with Crippen LogP contribution in [0, 0.1) is 0 Å². The molecule has 0 spiro atoms. The van der Waals surface area contributed by atoms with Gasteiger partial charge in [-0.25, -0.2) is 0 Å². The lowest BCUT2D eigenvalue weighted by molar-refractivity contribution is -0.274. The third-order valence-electron chi connectivity index (χ3n) is 3.07. The van der Waals surface area contributed by atoms with Crippen molar-refractivity contribution in [1.29, 1.82) is 0 Å². The summed E-state index contributed by atoms with van der Waals surface area (Å²) < 4.78 is 45.3. The lowest BCUT2D eigenvalue weighted by atomic mass is 10.0. The SMILES string of the molecule is NC(Cc1ccc(OC(F)(F)F)cc1)C1CCCO1. The molecule has 1 heterocycles. The van der Waals surface area contributed by atoms with Gasteiger partial charge < -0.3 is 15.2 Å². The average molecular weight is 275 g/mol. The van der Waals surface area contributed by atoms with Crippen LogP contribution in [0.3, 0.4) is 0 Å². The van der Waals surface area contributed by atoms with Crippen molar-refractivity contribution in [2.75, 3.05) is 6.61 Å². The first-order valence-corrected chi connectivity index (χ1v) is 6.16. The van der Waals surface area contributed by atoms with E-state index in [1.807, 2.05) is 0 Å². The topological polar surface area (TPSA) is 44.5 Å². The van der Waals surface area contributed by atoms with E-state index >= 15 is 0 Å². The van der Waals surface area contributed by atoms with Gasteiger partial charge >= 0.3 is 6.36 Å². The predicted molar refractivity (Wildman–Crippen MR) is 63.8 cm³/mol. The fourth-order valence-corrected chi connectivity index (χ4v) is 2.17. The van der Waals surface area contributed by atoms with E-state index in [4.69, 9.17) is 10.5 Å². The standard InChI is InChI=1S/C13H16F3NO2/c14-13(15,16)19-10-5-3-9(4-6-10)8-11(17)12-2-1-7-18-12/h3-6,11-12H,1-2,7-8,17H2. The number of rotatable bonds is 4. The minimum absolute atomic E-state index is 0.0473. The van der Waals surface area contributed by atoms with E-state index in [1.54, 1.807) is 12.1 Å². The number of alkyl halides is 3. The highest BCUT2D eigenvalue weighted by Gasteiger charge is 2.31. The molecule has 2 N–H and O–H groups in total. The van der Waals surface area contributed by atoms with Gasteiger partial charge in [0.05, 0.1) is 6.10 Å².